The maximum absolute atomic E-state index is 12.9. The number of benzene rings is 1. The molecule has 3 rings (SSSR count). The Kier molecular flexibility index (Phi) is 6.26. The molecule has 0 radical (unpaired) electrons. The van der Waals surface area contributed by atoms with E-state index in [-0.39, 0.29) is 5.91 Å². The van der Waals surface area contributed by atoms with Crippen molar-refractivity contribution in [2.45, 2.75) is 31.3 Å². The van der Waals surface area contributed by atoms with Crippen LogP contribution in [-0.4, -0.2) is 65.9 Å². The maximum Gasteiger partial charge on any atom is 0.308 e. The van der Waals surface area contributed by atoms with Crippen LogP contribution in [0.25, 0.3) is 10.9 Å². The molecule has 2 aromatic rings. The van der Waals surface area contributed by atoms with Crippen LogP contribution >= 0.6 is 0 Å². The van der Waals surface area contributed by atoms with Crippen LogP contribution in [0, 0.1) is 0 Å². The van der Waals surface area contributed by atoms with E-state index in [9.17, 15) is 23.6 Å². The lowest BCUT2D eigenvalue weighted by Crippen LogP contribution is -2.51. The molecule has 0 saturated carbocycles. The Hall–Kier alpha value is -3.23. The Balaban J connectivity index is 1.74. The fourth-order valence-electron chi connectivity index (χ4n) is 3.48. The highest BCUT2D eigenvalue weighted by Gasteiger charge is 2.37. The zero-order valence-electron chi connectivity index (χ0n) is 15.9. The Morgan fingerprint density at radius 3 is 2.76 bits per heavy atom. The number of ether oxygens (including phenoxy) is 1. The third-order valence-electron chi connectivity index (χ3n) is 5.01. The van der Waals surface area contributed by atoms with Gasteiger partial charge in [-0.05, 0) is 25.0 Å². The van der Waals surface area contributed by atoms with Gasteiger partial charge in [-0.25, -0.2) is 4.39 Å². The number of H-pyrrole nitrogens is 1. The third kappa shape index (κ3) is 4.44. The van der Waals surface area contributed by atoms with Crippen molar-refractivity contribution in [2.24, 2.45) is 0 Å². The molecule has 2 atom stereocenters. The van der Waals surface area contributed by atoms with Crippen molar-refractivity contribution in [2.75, 3.05) is 20.3 Å². The van der Waals surface area contributed by atoms with Gasteiger partial charge in [-0.3, -0.25) is 19.2 Å². The number of carbonyl (C=O) groups is 4. The van der Waals surface area contributed by atoms with Crippen molar-refractivity contribution in [1.82, 2.24) is 15.2 Å². The number of nitrogens with one attached hydrogen (secondary N) is 2. The lowest BCUT2D eigenvalue weighted by atomic mass is 10.1. The van der Waals surface area contributed by atoms with E-state index in [0.717, 1.165) is 18.0 Å². The first kappa shape index (κ1) is 20.5. The number of para-hydroxylation sites is 1. The molecule has 0 bridgehead atoms. The second kappa shape index (κ2) is 8.85. The number of Topliss-reactive ketones (excluding diaryl/α,β-unsaturated/α-hetero) is 1. The summed E-state index contributed by atoms with van der Waals surface area (Å²) in [4.78, 5) is 53.4. The molecule has 1 aromatic carbocycles. The van der Waals surface area contributed by atoms with Gasteiger partial charge in [-0.15, -0.1) is 0 Å². The predicted octanol–water partition coefficient (Wildman–Crippen LogP) is 1.36. The molecule has 0 aliphatic carbocycles. The quantitative estimate of drug-likeness (QED) is 0.679. The maximum atomic E-state index is 12.9. The first-order chi connectivity index (χ1) is 13.9. The lowest BCUT2D eigenvalue weighted by Gasteiger charge is -2.25. The third-order valence-corrected chi connectivity index (χ3v) is 5.01. The molecule has 29 heavy (non-hydrogen) atoms. The van der Waals surface area contributed by atoms with E-state index in [4.69, 9.17) is 0 Å². The predicted molar refractivity (Wildman–Crippen MR) is 102 cm³/mol. The van der Waals surface area contributed by atoms with Crippen LogP contribution in [0.15, 0.2) is 30.3 Å². The summed E-state index contributed by atoms with van der Waals surface area (Å²) in [5.41, 5.74) is 1.17. The molecule has 1 unspecified atom stereocenters. The van der Waals surface area contributed by atoms with Gasteiger partial charge >= 0.3 is 5.97 Å². The SMILES string of the molecule is COC(=O)C[C@H](NC(=O)C1CCCN1C(=O)c1cc2ccccc2[nH]1)C(=O)CF. The molecule has 1 aromatic heterocycles. The molecular weight excluding hydrogens is 381 g/mol. The number of hydrogen-bond acceptors (Lipinski definition) is 5. The second-order valence-electron chi connectivity index (χ2n) is 6.87. The summed E-state index contributed by atoms with van der Waals surface area (Å²) in [6.07, 6.45) is 0.559. The van der Waals surface area contributed by atoms with Gasteiger partial charge in [0.05, 0.1) is 13.5 Å². The molecule has 1 aliphatic rings. The average Bonchev–Trinajstić information content (AvgIpc) is 3.38. The average molecular weight is 403 g/mol. The van der Waals surface area contributed by atoms with Crippen molar-refractivity contribution < 1.29 is 28.3 Å². The molecule has 2 N–H and O–H groups in total. The second-order valence-corrected chi connectivity index (χ2v) is 6.87. The van der Waals surface area contributed by atoms with Gasteiger partial charge in [0, 0.05) is 17.4 Å². The van der Waals surface area contributed by atoms with E-state index < -0.39 is 42.8 Å². The van der Waals surface area contributed by atoms with E-state index in [0.29, 0.717) is 25.1 Å². The molecular formula is C20H22FN3O5. The summed E-state index contributed by atoms with van der Waals surface area (Å²) >= 11 is 0. The monoisotopic (exact) mass is 403 g/mol. The molecule has 1 aliphatic heterocycles. The number of ketones is 1. The van der Waals surface area contributed by atoms with E-state index in [2.05, 4.69) is 15.0 Å². The summed E-state index contributed by atoms with van der Waals surface area (Å²) in [5.74, 6) is -2.59. The van der Waals surface area contributed by atoms with Gasteiger partial charge < -0.3 is 19.9 Å². The van der Waals surface area contributed by atoms with Crippen LogP contribution in [0.2, 0.25) is 0 Å². The Morgan fingerprint density at radius 2 is 2.07 bits per heavy atom. The van der Waals surface area contributed by atoms with Gasteiger partial charge in [-0.2, -0.15) is 0 Å². The van der Waals surface area contributed by atoms with E-state index in [1.807, 2.05) is 24.3 Å². The first-order valence-electron chi connectivity index (χ1n) is 9.29. The topological polar surface area (TPSA) is 109 Å². The fourth-order valence-corrected chi connectivity index (χ4v) is 3.48. The first-order valence-corrected chi connectivity index (χ1v) is 9.29. The number of rotatable bonds is 7. The molecule has 1 fully saturated rings. The number of halogens is 1. The summed E-state index contributed by atoms with van der Waals surface area (Å²) < 4.78 is 17.3. The minimum Gasteiger partial charge on any atom is -0.469 e. The zero-order chi connectivity index (χ0) is 21.0. The van der Waals surface area contributed by atoms with Crippen molar-refractivity contribution in [3.05, 3.63) is 36.0 Å². The molecule has 154 valence electrons. The van der Waals surface area contributed by atoms with E-state index >= 15 is 0 Å². The van der Waals surface area contributed by atoms with Crippen LogP contribution in [0.1, 0.15) is 29.8 Å². The zero-order valence-corrected chi connectivity index (χ0v) is 15.9. The number of methoxy groups -OCH3 is 1. The van der Waals surface area contributed by atoms with Gasteiger partial charge in [0.1, 0.15) is 24.5 Å². The number of likely N-dealkylation sites (tertiary alicyclic amines) is 1. The van der Waals surface area contributed by atoms with E-state index in [1.54, 1.807) is 6.07 Å². The molecule has 9 heteroatoms. The number of esters is 1. The standard InChI is InChI=1S/C20H22FN3O5/c1-29-18(26)10-14(17(25)11-21)23-19(27)16-7-4-8-24(16)20(28)15-9-12-5-2-3-6-13(12)22-15/h2-3,5-6,9,14,16,22H,4,7-8,10-11H2,1H3,(H,23,27)/t14-,16?/m0/s1. The number of carbonyl (C=O) groups excluding carboxylic acids is 4. The molecule has 8 nitrogen and oxygen atoms in total. The number of fused-ring (bicyclic) bond motifs is 1. The Bertz CT molecular complexity index is 908. The molecule has 0 spiro atoms. The van der Waals surface area contributed by atoms with Crippen molar-refractivity contribution in [3.63, 3.8) is 0 Å². The molecule has 2 heterocycles. The largest absolute Gasteiger partial charge is 0.469 e. The highest BCUT2D eigenvalue weighted by atomic mass is 19.1. The fraction of sp³-hybridized carbons (Fsp3) is 0.400. The summed E-state index contributed by atoms with van der Waals surface area (Å²) in [5, 5.41) is 3.28. The van der Waals surface area contributed by atoms with Crippen molar-refractivity contribution in [3.8, 4) is 0 Å². The van der Waals surface area contributed by atoms with Crippen LogP contribution < -0.4 is 5.32 Å². The number of amides is 2. The van der Waals surface area contributed by atoms with Gasteiger partial charge in [0.2, 0.25) is 5.91 Å². The minimum atomic E-state index is -1.33. The number of aromatic nitrogens is 1. The number of alkyl halides is 1. The lowest BCUT2D eigenvalue weighted by molar-refractivity contribution is -0.143. The molecule has 1 saturated heterocycles. The van der Waals surface area contributed by atoms with Crippen LogP contribution in [0.5, 0.6) is 0 Å². The number of hydrogen-bond donors (Lipinski definition) is 2. The summed E-state index contributed by atoms with van der Waals surface area (Å²) in [6.45, 7) is -0.935. The summed E-state index contributed by atoms with van der Waals surface area (Å²) in [6, 6.07) is 7.02. The highest BCUT2D eigenvalue weighted by molar-refractivity contribution is 6.01. The number of nitrogens with zero attached hydrogens (tertiary/aromatic N) is 1. The Labute approximate surface area is 166 Å². The van der Waals surface area contributed by atoms with E-state index in [1.165, 1.54) is 4.90 Å². The van der Waals surface area contributed by atoms with Crippen molar-refractivity contribution >= 4 is 34.5 Å². The van der Waals surface area contributed by atoms with Crippen LogP contribution in [-0.2, 0) is 19.1 Å². The minimum absolute atomic E-state index is 0.333. The van der Waals surface area contributed by atoms with Gasteiger partial charge in [0.25, 0.3) is 5.91 Å². The summed E-state index contributed by atoms with van der Waals surface area (Å²) in [7, 11) is 1.14. The normalized spacial score (nSPS) is 17.2. The smallest absolute Gasteiger partial charge is 0.308 e. The van der Waals surface area contributed by atoms with Gasteiger partial charge in [-0.1, -0.05) is 18.2 Å². The number of aromatic amines is 1. The van der Waals surface area contributed by atoms with Gasteiger partial charge in [0.15, 0.2) is 5.78 Å². The highest BCUT2D eigenvalue weighted by Crippen LogP contribution is 2.22. The van der Waals surface area contributed by atoms with Crippen molar-refractivity contribution in [1.29, 1.82) is 0 Å². The van der Waals surface area contributed by atoms with Crippen LogP contribution in [0.4, 0.5) is 4.39 Å². The molecule has 2 amide bonds. The van der Waals surface area contributed by atoms with Crippen LogP contribution in [0.3, 0.4) is 0 Å². The Morgan fingerprint density at radius 1 is 1.31 bits per heavy atom.